The summed E-state index contributed by atoms with van der Waals surface area (Å²) in [6.07, 6.45) is 1.48. The van der Waals surface area contributed by atoms with E-state index in [0.29, 0.717) is 17.0 Å². The van der Waals surface area contributed by atoms with Crippen LogP contribution in [0.25, 0.3) is 5.76 Å². The lowest BCUT2D eigenvalue weighted by atomic mass is 9.97. The Balaban J connectivity index is 1.93. The highest BCUT2D eigenvalue weighted by molar-refractivity contribution is 6.51. The van der Waals surface area contributed by atoms with Gasteiger partial charge in [-0.25, -0.2) is 0 Å². The van der Waals surface area contributed by atoms with Gasteiger partial charge in [0.1, 0.15) is 17.6 Å². The van der Waals surface area contributed by atoms with Crippen molar-refractivity contribution in [3.8, 4) is 0 Å². The first-order valence-corrected chi connectivity index (χ1v) is 8.96. The Morgan fingerprint density at radius 1 is 0.964 bits per heavy atom. The number of benzene rings is 2. The van der Waals surface area contributed by atoms with Crippen molar-refractivity contribution in [1.82, 2.24) is 0 Å². The fourth-order valence-electron chi connectivity index (χ4n) is 3.45. The molecule has 1 fully saturated rings. The Morgan fingerprint density at radius 2 is 1.71 bits per heavy atom. The molecule has 2 heterocycles. The number of anilines is 1. The van der Waals surface area contributed by atoms with Crippen LogP contribution in [0.5, 0.6) is 0 Å². The largest absolute Gasteiger partial charge is 0.507 e. The highest BCUT2D eigenvalue weighted by Gasteiger charge is 2.48. The van der Waals surface area contributed by atoms with Gasteiger partial charge in [-0.05, 0) is 55.3 Å². The normalized spacial score (nSPS) is 18.6. The van der Waals surface area contributed by atoms with Gasteiger partial charge >= 0.3 is 0 Å². The number of Topliss-reactive ketones (excluding diaryl/α,β-unsaturated/α-hetero) is 1. The molecule has 1 unspecified atom stereocenters. The first kappa shape index (κ1) is 17.8. The Morgan fingerprint density at radius 3 is 2.36 bits per heavy atom. The van der Waals surface area contributed by atoms with Crippen LogP contribution < -0.4 is 4.90 Å². The number of aliphatic hydroxyl groups excluding tert-OH is 1. The van der Waals surface area contributed by atoms with E-state index in [1.54, 1.807) is 48.5 Å². The highest BCUT2D eigenvalue weighted by atomic mass is 16.3. The van der Waals surface area contributed by atoms with Gasteiger partial charge in [0, 0.05) is 11.3 Å². The SMILES string of the molecule is Cc1ccc(/C(O)=C2/C(=O)C(=O)N(c3ccccc3)C2c2ccco2)cc1C. The van der Waals surface area contributed by atoms with Crippen molar-refractivity contribution in [2.75, 3.05) is 4.90 Å². The molecule has 1 amide bonds. The third-order valence-electron chi connectivity index (χ3n) is 5.07. The molecule has 4 rings (SSSR count). The quantitative estimate of drug-likeness (QED) is 0.416. The van der Waals surface area contributed by atoms with E-state index in [1.165, 1.54) is 11.2 Å². The summed E-state index contributed by atoms with van der Waals surface area (Å²) in [5, 5.41) is 11.0. The monoisotopic (exact) mass is 373 g/mol. The first-order valence-electron chi connectivity index (χ1n) is 8.96. The average molecular weight is 373 g/mol. The number of carbonyl (C=O) groups excluding carboxylic acids is 2. The summed E-state index contributed by atoms with van der Waals surface area (Å²) in [7, 11) is 0. The molecule has 0 aliphatic carbocycles. The zero-order valence-corrected chi connectivity index (χ0v) is 15.5. The van der Waals surface area contributed by atoms with E-state index in [1.807, 2.05) is 26.0 Å². The van der Waals surface area contributed by atoms with Crippen molar-refractivity contribution >= 4 is 23.1 Å². The van der Waals surface area contributed by atoms with Crippen LogP contribution in [-0.4, -0.2) is 16.8 Å². The summed E-state index contributed by atoms with van der Waals surface area (Å²) in [4.78, 5) is 27.1. The molecule has 5 heteroatoms. The maximum atomic E-state index is 12.9. The Bertz CT molecular complexity index is 1080. The lowest BCUT2D eigenvalue weighted by molar-refractivity contribution is -0.132. The molecule has 0 bridgehead atoms. The predicted octanol–water partition coefficient (Wildman–Crippen LogP) is 4.52. The van der Waals surface area contributed by atoms with E-state index in [0.717, 1.165) is 11.1 Å². The minimum atomic E-state index is -0.834. The number of ketones is 1. The van der Waals surface area contributed by atoms with E-state index in [9.17, 15) is 14.7 Å². The molecule has 1 aliphatic heterocycles. The maximum absolute atomic E-state index is 12.9. The summed E-state index contributed by atoms with van der Waals surface area (Å²) >= 11 is 0. The number of nitrogens with zero attached hydrogens (tertiary/aromatic N) is 1. The van der Waals surface area contributed by atoms with Gasteiger partial charge in [0.2, 0.25) is 0 Å². The molecule has 3 aromatic rings. The molecule has 1 N–H and O–H groups in total. The van der Waals surface area contributed by atoms with Gasteiger partial charge in [0.25, 0.3) is 11.7 Å². The van der Waals surface area contributed by atoms with Crippen LogP contribution in [0.2, 0.25) is 0 Å². The van der Waals surface area contributed by atoms with Gasteiger partial charge in [-0.1, -0.05) is 30.3 Å². The van der Waals surface area contributed by atoms with E-state index in [4.69, 9.17) is 4.42 Å². The van der Waals surface area contributed by atoms with Crippen LogP contribution in [-0.2, 0) is 9.59 Å². The zero-order valence-electron chi connectivity index (χ0n) is 15.5. The lowest BCUT2D eigenvalue weighted by Gasteiger charge is -2.23. The van der Waals surface area contributed by atoms with Crippen LogP contribution in [0.1, 0.15) is 28.5 Å². The van der Waals surface area contributed by atoms with Crippen molar-refractivity contribution in [3.05, 3.63) is 95.0 Å². The number of carbonyl (C=O) groups is 2. The zero-order chi connectivity index (χ0) is 19.8. The summed E-state index contributed by atoms with van der Waals surface area (Å²) in [5.74, 6) is -1.23. The summed E-state index contributed by atoms with van der Waals surface area (Å²) < 4.78 is 5.53. The summed E-state index contributed by atoms with van der Waals surface area (Å²) in [5.41, 5.74) is 3.13. The second-order valence-corrected chi connectivity index (χ2v) is 6.82. The lowest BCUT2D eigenvalue weighted by Crippen LogP contribution is -2.29. The predicted molar refractivity (Wildman–Crippen MR) is 106 cm³/mol. The van der Waals surface area contributed by atoms with Crippen LogP contribution in [0, 0.1) is 13.8 Å². The number of hydrogen-bond donors (Lipinski definition) is 1. The van der Waals surface area contributed by atoms with E-state index in [-0.39, 0.29) is 11.3 Å². The number of aliphatic hydroxyl groups is 1. The molecule has 1 atom stereocenters. The number of rotatable bonds is 3. The molecule has 5 nitrogen and oxygen atoms in total. The van der Waals surface area contributed by atoms with Crippen LogP contribution >= 0.6 is 0 Å². The standard InChI is InChI=1S/C23H19NO4/c1-14-10-11-16(13-15(14)2)21(25)19-20(18-9-6-12-28-18)24(23(27)22(19)26)17-7-4-3-5-8-17/h3-13,20,25H,1-2H3/b21-19-. The number of furan rings is 1. The molecule has 28 heavy (non-hydrogen) atoms. The Hall–Kier alpha value is -3.60. The van der Waals surface area contributed by atoms with Gasteiger partial charge in [0.15, 0.2) is 0 Å². The fourth-order valence-corrected chi connectivity index (χ4v) is 3.45. The van der Waals surface area contributed by atoms with Gasteiger partial charge in [0.05, 0.1) is 11.8 Å². The minimum Gasteiger partial charge on any atom is -0.507 e. The molecule has 0 spiro atoms. The van der Waals surface area contributed by atoms with Crippen molar-refractivity contribution in [3.63, 3.8) is 0 Å². The average Bonchev–Trinajstić information content (AvgIpc) is 3.31. The van der Waals surface area contributed by atoms with Crippen LogP contribution in [0.3, 0.4) is 0 Å². The van der Waals surface area contributed by atoms with Gasteiger partial charge < -0.3 is 9.52 Å². The minimum absolute atomic E-state index is 0.0204. The molecule has 1 saturated heterocycles. The maximum Gasteiger partial charge on any atom is 0.300 e. The Labute approximate surface area is 162 Å². The van der Waals surface area contributed by atoms with Gasteiger partial charge in [-0.2, -0.15) is 0 Å². The first-order chi connectivity index (χ1) is 13.5. The molecule has 2 aromatic carbocycles. The fraction of sp³-hybridized carbons (Fsp3) is 0.130. The molecule has 0 radical (unpaired) electrons. The van der Waals surface area contributed by atoms with Crippen molar-refractivity contribution in [2.45, 2.75) is 19.9 Å². The van der Waals surface area contributed by atoms with Crippen molar-refractivity contribution in [1.29, 1.82) is 0 Å². The van der Waals surface area contributed by atoms with Crippen LogP contribution in [0.4, 0.5) is 5.69 Å². The molecular weight excluding hydrogens is 354 g/mol. The molecule has 1 aromatic heterocycles. The topological polar surface area (TPSA) is 70.8 Å². The second kappa shape index (κ2) is 6.85. The number of aryl methyl sites for hydroxylation is 2. The van der Waals surface area contributed by atoms with E-state index < -0.39 is 17.7 Å². The smallest absolute Gasteiger partial charge is 0.300 e. The number of hydrogen-bond acceptors (Lipinski definition) is 4. The van der Waals surface area contributed by atoms with Crippen LogP contribution in [0.15, 0.2) is 76.9 Å². The highest BCUT2D eigenvalue weighted by Crippen LogP contribution is 2.42. The number of amides is 1. The number of para-hydroxylation sites is 1. The van der Waals surface area contributed by atoms with Crippen molar-refractivity contribution in [2.24, 2.45) is 0 Å². The van der Waals surface area contributed by atoms with Gasteiger partial charge in [-0.3, -0.25) is 14.5 Å². The molecule has 0 saturated carbocycles. The Kier molecular flexibility index (Phi) is 4.35. The van der Waals surface area contributed by atoms with Gasteiger partial charge in [-0.15, -0.1) is 0 Å². The molecule has 1 aliphatic rings. The van der Waals surface area contributed by atoms with E-state index >= 15 is 0 Å². The summed E-state index contributed by atoms with van der Waals surface area (Å²) in [6, 6.07) is 16.9. The van der Waals surface area contributed by atoms with E-state index in [2.05, 4.69) is 0 Å². The third kappa shape index (κ3) is 2.81. The molecule has 140 valence electrons. The van der Waals surface area contributed by atoms with Crippen molar-refractivity contribution < 1.29 is 19.1 Å². The second-order valence-electron chi connectivity index (χ2n) is 6.82. The third-order valence-corrected chi connectivity index (χ3v) is 5.07. The molecular formula is C23H19NO4. The summed E-state index contributed by atoms with van der Waals surface area (Å²) in [6.45, 7) is 3.90.